The van der Waals surface area contributed by atoms with E-state index in [1.807, 2.05) is 0 Å². The minimum absolute atomic E-state index is 0.0668. The van der Waals surface area contributed by atoms with Crippen LogP contribution in [-0.4, -0.2) is 17.7 Å². The summed E-state index contributed by atoms with van der Waals surface area (Å²) < 4.78 is 20.5. The van der Waals surface area contributed by atoms with E-state index in [4.69, 9.17) is 16.3 Å². The van der Waals surface area contributed by atoms with Crippen molar-refractivity contribution in [1.82, 2.24) is 0 Å². The predicted octanol–water partition coefficient (Wildman–Crippen LogP) is 4.91. The summed E-state index contributed by atoms with van der Waals surface area (Å²) in [6, 6.07) is 2.63. The fraction of sp³-hybridized carbons (Fsp3) is 0.500. The third-order valence-corrected chi connectivity index (χ3v) is 5.84. The van der Waals surface area contributed by atoms with Crippen LogP contribution in [0.25, 0.3) is 0 Å². The lowest BCUT2D eigenvalue weighted by molar-refractivity contribution is -0.123. The molecule has 4 rings (SSSR count). The third kappa shape index (κ3) is 2.91. The average Bonchev–Trinajstić information content (AvgIpc) is 3.19. The Morgan fingerprint density at radius 3 is 2.16 bits per heavy atom. The van der Waals surface area contributed by atoms with Gasteiger partial charge in [-0.1, -0.05) is 11.6 Å². The van der Waals surface area contributed by atoms with Crippen molar-refractivity contribution in [3.8, 4) is 5.75 Å². The van der Waals surface area contributed by atoms with E-state index in [-0.39, 0.29) is 28.3 Å². The number of carbonyl (C=O) groups excluding carboxylic acids is 2. The van der Waals surface area contributed by atoms with E-state index in [1.54, 1.807) is 0 Å². The normalized spacial score (nSPS) is 22.0. The number of allylic oxidation sites excluding steroid dienone is 2. The molecular weight excluding hydrogens is 343 g/mol. The van der Waals surface area contributed by atoms with Gasteiger partial charge < -0.3 is 4.74 Å². The molecule has 3 aliphatic carbocycles. The molecule has 3 aliphatic rings. The van der Waals surface area contributed by atoms with Crippen molar-refractivity contribution < 1.29 is 18.7 Å². The second-order valence-electron chi connectivity index (χ2n) is 7.15. The zero-order chi connectivity index (χ0) is 17.6. The molecule has 0 aromatic heterocycles. The van der Waals surface area contributed by atoms with E-state index in [2.05, 4.69) is 0 Å². The summed E-state index contributed by atoms with van der Waals surface area (Å²) in [5, 5.41) is 0.184. The van der Waals surface area contributed by atoms with Crippen LogP contribution in [0.2, 0.25) is 5.02 Å². The van der Waals surface area contributed by atoms with Crippen molar-refractivity contribution in [2.45, 2.75) is 63.4 Å². The Balaban J connectivity index is 1.68. The number of rotatable bonds is 3. The molecule has 1 aromatic rings. The molecule has 0 heterocycles. The van der Waals surface area contributed by atoms with E-state index in [0.717, 1.165) is 38.5 Å². The minimum atomic E-state index is -1.06. The molecule has 0 saturated heterocycles. The molecule has 0 unspecified atom stereocenters. The van der Waals surface area contributed by atoms with Crippen molar-refractivity contribution in [2.75, 3.05) is 0 Å². The lowest BCUT2D eigenvalue weighted by atomic mass is 9.92. The Morgan fingerprint density at radius 2 is 1.56 bits per heavy atom. The predicted molar refractivity (Wildman–Crippen MR) is 92.5 cm³/mol. The van der Waals surface area contributed by atoms with Crippen LogP contribution < -0.4 is 4.74 Å². The first kappa shape index (κ1) is 16.8. The first-order valence-corrected chi connectivity index (χ1v) is 9.40. The van der Waals surface area contributed by atoms with Crippen LogP contribution >= 0.6 is 11.6 Å². The molecule has 3 nitrogen and oxygen atoms in total. The Hall–Kier alpha value is -1.68. The molecule has 5 heteroatoms. The Morgan fingerprint density at radius 1 is 0.960 bits per heavy atom. The van der Waals surface area contributed by atoms with Gasteiger partial charge in [0.25, 0.3) is 0 Å². The SMILES string of the molecule is O=C1C2=C(CCCC2)C(=O)C1c1cc(OC2CCCC2)c(Cl)cc1F. The standard InChI is InChI=1S/C20H20ClFO3/c21-15-10-16(22)14(9-17(15)25-11-5-1-2-6-11)18-19(23)12-7-3-4-8-13(12)20(18)24/h9-11,18H,1-8H2. The van der Waals surface area contributed by atoms with Crippen molar-refractivity contribution in [3.63, 3.8) is 0 Å². The molecule has 0 atom stereocenters. The van der Waals surface area contributed by atoms with Crippen molar-refractivity contribution in [2.24, 2.45) is 0 Å². The average molecular weight is 363 g/mol. The molecule has 0 N–H and O–H groups in total. The van der Waals surface area contributed by atoms with Crippen molar-refractivity contribution >= 4 is 23.2 Å². The summed E-state index contributed by atoms with van der Waals surface area (Å²) in [6.07, 6.45) is 7.22. The zero-order valence-electron chi connectivity index (χ0n) is 13.9. The van der Waals surface area contributed by atoms with Gasteiger partial charge in [0, 0.05) is 16.7 Å². The highest BCUT2D eigenvalue weighted by molar-refractivity contribution is 6.32. The first-order chi connectivity index (χ1) is 12.1. The highest BCUT2D eigenvalue weighted by Crippen LogP contribution is 2.43. The van der Waals surface area contributed by atoms with E-state index in [1.165, 1.54) is 12.1 Å². The van der Waals surface area contributed by atoms with Gasteiger partial charge in [-0.2, -0.15) is 0 Å². The van der Waals surface area contributed by atoms with Gasteiger partial charge in [0.05, 0.1) is 11.1 Å². The molecule has 0 spiro atoms. The van der Waals surface area contributed by atoms with Crippen LogP contribution in [0.1, 0.15) is 62.8 Å². The van der Waals surface area contributed by atoms with Crippen LogP contribution in [0.5, 0.6) is 5.75 Å². The maximum atomic E-state index is 14.6. The number of benzene rings is 1. The number of carbonyl (C=O) groups is 2. The lowest BCUT2D eigenvalue weighted by Gasteiger charge is -2.17. The maximum Gasteiger partial charge on any atom is 0.174 e. The van der Waals surface area contributed by atoms with Gasteiger partial charge in [0.15, 0.2) is 11.6 Å². The van der Waals surface area contributed by atoms with Gasteiger partial charge in [-0.05, 0) is 63.5 Å². The summed E-state index contributed by atoms with van der Waals surface area (Å²) >= 11 is 6.14. The first-order valence-electron chi connectivity index (χ1n) is 9.02. The molecule has 0 radical (unpaired) electrons. The van der Waals surface area contributed by atoms with Gasteiger partial charge in [-0.25, -0.2) is 4.39 Å². The van der Waals surface area contributed by atoms with Crippen LogP contribution in [0, 0.1) is 5.82 Å². The van der Waals surface area contributed by atoms with Crippen LogP contribution in [0.15, 0.2) is 23.3 Å². The summed E-state index contributed by atoms with van der Waals surface area (Å²) in [5.41, 5.74) is 1.31. The summed E-state index contributed by atoms with van der Waals surface area (Å²) in [6.45, 7) is 0. The fourth-order valence-electron chi connectivity index (χ4n) is 4.24. The fourth-order valence-corrected chi connectivity index (χ4v) is 4.44. The van der Waals surface area contributed by atoms with Gasteiger partial charge >= 0.3 is 0 Å². The minimum Gasteiger partial charge on any atom is -0.489 e. The quantitative estimate of drug-likeness (QED) is 0.718. The topological polar surface area (TPSA) is 43.4 Å². The summed E-state index contributed by atoms with van der Waals surface area (Å²) in [7, 11) is 0. The summed E-state index contributed by atoms with van der Waals surface area (Å²) in [5.74, 6) is -1.79. The van der Waals surface area contributed by atoms with E-state index in [0.29, 0.717) is 29.7 Å². The molecule has 0 aliphatic heterocycles. The van der Waals surface area contributed by atoms with Crippen LogP contribution in [0.4, 0.5) is 4.39 Å². The van der Waals surface area contributed by atoms with Crippen LogP contribution in [-0.2, 0) is 9.59 Å². The number of Topliss-reactive ketones (excluding diaryl/α,β-unsaturated/α-hetero) is 2. The largest absolute Gasteiger partial charge is 0.489 e. The third-order valence-electron chi connectivity index (χ3n) is 5.55. The lowest BCUT2D eigenvalue weighted by Crippen LogP contribution is -2.18. The van der Waals surface area contributed by atoms with Crippen LogP contribution in [0.3, 0.4) is 0 Å². The highest BCUT2D eigenvalue weighted by atomic mass is 35.5. The molecule has 0 bridgehead atoms. The number of ketones is 2. The summed E-state index contributed by atoms with van der Waals surface area (Å²) in [4.78, 5) is 25.4. The number of halogens is 2. The highest BCUT2D eigenvalue weighted by Gasteiger charge is 2.43. The Labute approximate surface area is 151 Å². The second kappa shape index (κ2) is 6.56. The number of hydrogen-bond donors (Lipinski definition) is 0. The second-order valence-corrected chi connectivity index (χ2v) is 7.56. The van der Waals surface area contributed by atoms with E-state index >= 15 is 0 Å². The van der Waals surface area contributed by atoms with Gasteiger partial charge in [-0.15, -0.1) is 0 Å². The van der Waals surface area contributed by atoms with E-state index in [9.17, 15) is 14.0 Å². The zero-order valence-corrected chi connectivity index (χ0v) is 14.7. The number of hydrogen-bond acceptors (Lipinski definition) is 3. The Bertz CT molecular complexity index is 749. The molecule has 1 aromatic carbocycles. The van der Waals surface area contributed by atoms with E-state index < -0.39 is 11.7 Å². The monoisotopic (exact) mass is 362 g/mol. The van der Waals surface area contributed by atoms with Gasteiger partial charge in [-0.3, -0.25) is 9.59 Å². The molecular formula is C20H20ClFO3. The molecule has 25 heavy (non-hydrogen) atoms. The van der Waals surface area contributed by atoms with Gasteiger partial charge in [0.1, 0.15) is 17.5 Å². The van der Waals surface area contributed by atoms with Crippen molar-refractivity contribution in [3.05, 3.63) is 39.7 Å². The maximum absolute atomic E-state index is 14.6. The molecule has 1 fully saturated rings. The smallest absolute Gasteiger partial charge is 0.174 e. The molecule has 132 valence electrons. The Kier molecular flexibility index (Phi) is 4.40. The number of ether oxygens (including phenoxy) is 1. The molecule has 0 amide bonds. The molecule has 1 saturated carbocycles. The van der Waals surface area contributed by atoms with Crippen molar-refractivity contribution in [1.29, 1.82) is 0 Å². The van der Waals surface area contributed by atoms with Gasteiger partial charge in [0.2, 0.25) is 0 Å².